The molecule has 3 aromatic carbocycles. The minimum absolute atomic E-state index is 0.128. The second-order valence-electron chi connectivity index (χ2n) is 9.06. The van der Waals surface area contributed by atoms with E-state index in [2.05, 4.69) is 4.90 Å². The van der Waals surface area contributed by atoms with Crippen LogP contribution in [0.3, 0.4) is 0 Å². The van der Waals surface area contributed by atoms with Crippen molar-refractivity contribution in [1.29, 1.82) is 0 Å². The van der Waals surface area contributed by atoms with Crippen molar-refractivity contribution in [2.45, 2.75) is 22.7 Å². The van der Waals surface area contributed by atoms with Gasteiger partial charge in [-0.3, -0.25) is 14.9 Å². The summed E-state index contributed by atoms with van der Waals surface area (Å²) in [5.74, 6) is -0.377. The smallest absolute Gasteiger partial charge is 0.338 e. The molecule has 1 aliphatic heterocycles. The molecule has 38 heavy (non-hydrogen) atoms. The molecular formula is C28H29N3O6S. The molecule has 198 valence electrons. The SMILES string of the molecule is COc1ccc([C@H]2Sc3ccccc3N(CCCN(C)C)C(=O)[C@H]2OC(=O)c2ccc([N+](=O)[O-])cc2)cc1. The number of carbonyl (C=O) groups excluding carboxylic acids is 2. The van der Waals surface area contributed by atoms with Gasteiger partial charge in [0.25, 0.3) is 11.6 Å². The van der Waals surface area contributed by atoms with E-state index in [0.29, 0.717) is 12.3 Å². The van der Waals surface area contributed by atoms with Gasteiger partial charge in [-0.25, -0.2) is 4.79 Å². The summed E-state index contributed by atoms with van der Waals surface area (Å²) in [6, 6.07) is 20.2. The van der Waals surface area contributed by atoms with E-state index in [1.807, 2.05) is 50.5 Å². The van der Waals surface area contributed by atoms with Gasteiger partial charge in [0.2, 0.25) is 0 Å². The Balaban J connectivity index is 1.72. The summed E-state index contributed by atoms with van der Waals surface area (Å²) in [7, 11) is 5.53. The Morgan fingerprint density at radius 3 is 2.37 bits per heavy atom. The second kappa shape index (κ2) is 12.1. The van der Waals surface area contributed by atoms with Crippen LogP contribution in [0.1, 0.15) is 27.6 Å². The number of ether oxygens (including phenoxy) is 2. The van der Waals surface area contributed by atoms with Crippen LogP contribution in [0, 0.1) is 10.1 Å². The third kappa shape index (κ3) is 6.15. The van der Waals surface area contributed by atoms with Crippen molar-refractivity contribution in [3.8, 4) is 5.75 Å². The van der Waals surface area contributed by atoms with E-state index in [1.165, 1.54) is 36.0 Å². The number of methoxy groups -OCH3 is 1. The van der Waals surface area contributed by atoms with Gasteiger partial charge >= 0.3 is 5.97 Å². The zero-order valence-corrected chi connectivity index (χ0v) is 22.2. The number of benzene rings is 3. The highest BCUT2D eigenvalue weighted by atomic mass is 32.2. The Morgan fingerprint density at radius 2 is 1.74 bits per heavy atom. The molecule has 1 aliphatic rings. The maximum absolute atomic E-state index is 14.1. The van der Waals surface area contributed by atoms with E-state index in [4.69, 9.17) is 9.47 Å². The Kier molecular flexibility index (Phi) is 8.65. The van der Waals surface area contributed by atoms with Crippen LogP contribution in [-0.2, 0) is 9.53 Å². The third-order valence-corrected chi connectivity index (χ3v) is 7.55. The van der Waals surface area contributed by atoms with Crippen molar-refractivity contribution in [3.05, 3.63) is 94.0 Å². The molecule has 1 heterocycles. The first-order valence-corrected chi connectivity index (χ1v) is 13.0. The fourth-order valence-electron chi connectivity index (χ4n) is 4.21. The number of nitro groups is 1. The van der Waals surface area contributed by atoms with Crippen LogP contribution >= 0.6 is 11.8 Å². The summed E-state index contributed by atoms with van der Waals surface area (Å²) in [5.41, 5.74) is 1.56. The van der Waals surface area contributed by atoms with Gasteiger partial charge in [-0.05, 0) is 69.0 Å². The van der Waals surface area contributed by atoms with Crippen LogP contribution in [0.15, 0.2) is 77.7 Å². The van der Waals surface area contributed by atoms with E-state index in [-0.39, 0.29) is 17.2 Å². The van der Waals surface area contributed by atoms with Gasteiger partial charge in [-0.2, -0.15) is 0 Å². The number of esters is 1. The number of non-ortho nitro benzene ring substituents is 1. The predicted molar refractivity (Wildman–Crippen MR) is 146 cm³/mol. The lowest BCUT2D eigenvalue weighted by Crippen LogP contribution is -2.43. The van der Waals surface area contributed by atoms with Gasteiger partial charge < -0.3 is 19.3 Å². The summed E-state index contributed by atoms with van der Waals surface area (Å²) in [6.07, 6.45) is -0.406. The molecule has 2 atom stereocenters. The van der Waals surface area contributed by atoms with E-state index in [9.17, 15) is 19.7 Å². The molecule has 0 spiro atoms. The van der Waals surface area contributed by atoms with Crippen LogP contribution in [0.5, 0.6) is 5.75 Å². The van der Waals surface area contributed by atoms with Crippen molar-refractivity contribution in [1.82, 2.24) is 4.90 Å². The van der Waals surface area contributed by atoms with Crippen molar-refractivity contribution >= 4 is 35.0 Å². The van der Waals surface area contributed by atoms with Crippen LogP contribution in [0.25, 0.3) is 0 Å². The summed E-state index contributed by atoms with van der Waals surface area (Å²) >= 11 is 1.46. The molecule has 3 aromatic rings. The zero-order valence-electron chi connectivity index (χ0n) is 21.4. The van der Waals surface area contributed by atoms with E-state index < -0.39 is 22.2 Å². The first-order valence-electron chi connectivity index (χ1n) is 12.1. The van der Waals surface area contributed by atoms with Crippen molar-refractivity contribution in [3.63, 3.8) is 0 Å². The number of hydrogen-bond acceptors (Lipinski definition) is 8. The molecule has 0 radical (unpaired) electrons. The number of hydrogen-bond donors (Lipinski definition) is 0. The van der Waals surface area contributed by atoms with Crippen molar-refractivity contribution in [2.75, 3.05) is 39.2 Å². The molecule has 0 saturated carbocycles. The number of amides is 1. The third-order valence-electron chi connectivity index (χ3n) is 6.17. The van der Waals surface area contributed by atoms with Crippen LogP contribution in [0.2, 0.25) is 0 Å². The first-order chi connectivity index (χ1) is 18.3. The molecule has 9 nitrogen and oxygen atoms in total. The number of carbonyl (C=O) groups is 2. The summed E-state index contributed by atoms with van der Waals surface area (Å²) in [4.78, 5) is 42.5. The van der Waals surface area contributed by atoms with E-state index in [0.717, 1.165) is 29.1 Å². The van der Waals surface area contributed by atoms with Crippen molar-refractivity contribution in [2.24, 2.45) is 0 Å². The standard InChI is InChI=1S/C28H29N3O6S/c1-29(2)17-6-18-30-23-7-4-5-8-24(23)38-26(19-11-15-22(36-3)16-12-19)25(27(30)32)37-28(33)20-9-13-21(14-10-20)31(34)35/h4-5,7-16,25-26H,6,17-18H2,1-3H3/t25-,26+/m0/s1. The predicted octanol–water partition coefficient (Wildman–Crippen LogP) is 4.96. The topological polar surface area (TPSA) is 102 Å². The first kappa shape index (κ1) is 27.2. The van der Waals surface area contributed by atoms with Gasteiger partial charge in [0.05, 0.1) is 28.5 Å². The molecule has 0 aliphatic carbocycles. The Morgan fingerprint density at radius 1 is 1.05 bits per heavy atom. The van der Waals surface area contributed by atoms with Gasteiger partial charge in [0, 0.05) is 23.6 Å². The zero-order chi connectivity index (χ0) is 27.2. The average Bonchev–Trinajstić information content (AvgIpc) is 3.03. The fourth-order valence-corrected chi connectivity index (χ4v) is 5.53. The molecule has 1 amide bonds. The number of thioether (sulfide) groups is 1. The lowest BCUT2D eigenvalue weighted by molar-refractivity contribution is -0.384. The second-order valence-corrected chi connectivity index (χ2v) is 10.2. The monoisotopic (exact) mass is 535 g/mol. The van der Waals surface area contributed by atoms with Gasteiger partial charge in [0.15, 0.2) is 6.10 Å². The highest BCUT2D eigenvalue weighted by molar-refractivity contribution is 7.99. The van der Waals surface area contributed by atoms with Gasteiger partial charge in [-0.15, -0.1) is 11.8 Å². The highest BCUT2D eigenvalue weighted by Crippen LogP contribution is 2.47. The molecular weight excluding hydrogens is 506 g/mol. The van der Waals surface area contributed by atoms with E-state index >= 15 is 0 Å². The number of fused-ring (bicyclic) bond motifs is 1. The highest BCUT2D eigenvalue weighted by Gasteiger charge is 2.41. The molecule has 10 heteroatoms. The van der Waals surface area contributed by atoms with Crippen molar-refractivity contribution < 1.29 is 24.0 Å². The van der Waals surface area contributed by atoms with Crippen LogP contribution in [0.4, 0.5) is 11.4 Å². The number of rotatable bonds is 9. The molecule has 0 unspecified atom stereocenters. The molecule has 0 bridgehead atoms. The normalized spacial score (nSPS) is 17.1. The summed E-state index contributed by atoms with van der Waals surface area (Å²) in [5, 5.41) is 10.5. The van der Waals surface area contributed by atoms with Crippen LogP contribution < -0.4 is 9.64 Å². The quantitative estimate of drug-likeness (QED) is 0.215. The number of para-hydroxylation sites is 1. The lowest BCUT2D eigenvalue weighted by atomic mass is 10.0. The summed E-state index contributed by atoms with van der Waals surface area (Å²) in [6.45, 7) is 1.24. The average molecular weight is 536 g/mol. The maximum atomic E-state index is 14.1. The summed E-state index contributed by atoms with van der Waals surface area (Å²) < 4.78 is 11.2. The maximum Gasteiger partial charge on any atom is 0.338 e. The molecule has 0 N–H and O–H groups in total. The minimum atomic E-state index is -1.14. The van der Waals surface area contributed by atoms with E-state index in [1.54, 1.807) is 24.1 Å². The number of anilines is 1. The largest absolute Gasteiger partial charge is 0.497 e. The number of nitrogens with zero attached hydrogens (tertiary/aromatic N) is 3. The lowest BCUT2D eigenvalue weighted by Gasteiger charge is -2.28. The molecule has 0 fully saturated rings. The number of nitro benzene ring substituents is 1. The Bertz CT molecular complexity index is 1300. The molecule has 4 rings (SSSR count). The fraction of sp³-hybridized carbons (Fsp3) is 0.286. The Labute approximate surface area is 225 Å². The Hall–Kier alpha value is -3.89. The molecule has 0 saturated heterocycles. The molecule has 0 aromatic heterocycles. The van der Waals surface area contributed by atoms with Crippen LogP contribution in [-0.4, -0.2) is 62.1 Å². The minimum Gasteiger partial charge on any atom is -0.497 e. The van der Waals surface area contributed by atoms with Gasteiger partial charge in [0.1, 0.15) is 5.75 Å². The van der Waals surface area contributed by atoms with Gasteiger partial charge in [-0.1, -0.05) is 24.3 Å².